The lowest BCUT2D eigenvalue weighted by molar-refractivity contribution is -0.166. The van der Waals surface area contributed by atoms with Crippen LogP contribution in [0.4, 0.5) is 13.2 Å². The molecule has 0 aliphatic heterocycles. The maximum absolute atomic E-state index is 12.5. The first-order chi connectivity index (χ1) is 8.35. The molecule has 0 saturated heterocycles. The van der Waals surface area contributed by atoms with Crippen molar-refractivity contribution in [3.8, 4) is 0 Å². The minimum absolute atomic E-state index is 0.0370. The molecule has 0 bridgehead atoms. The van der Waals surface area contributed by atoms with E-state index in [9.17, 15) is 18.0 Å². The van der Waals surface area contributed by atoms with Crippen molar-refractivity contribution in [2.75, 3.05) is 13.2 Å². The maximum Gasteiger partial charge on any atom is 0.406 e. The van der Waals surface area contributed by atoms with Crippen molar-refractivity contribution in [3.63, 3.8) is 0 Å². The summed E-state index contributed by atoms with van der Waals surface area (Å²) in [5.74, 6) is -0.241. The Morgan fingerprint density at radius 3 is 2.44 bits per heavy atom. The van der Waals surface area contributed by atoms with Gasteiger partial charge in [-0.2, -0.15) is 13.2 Å². The van der Waals surface area contributed by atoms with Crippen LogP contribution in [-0.4, -0.2) is 41.3 Å². The van der Waals surface area contributed by atoms with Gasteiger partial charge in [-0.3, -0.25) is 4.79 Å². The van der Waals surface area contributed by atoms with E-state index in [-0.39, 0.29) is 25.0 Å². The van der Waals surface area contributed by atoms with Crippen LogP contribution in [0, 0.1) is 5.92 Å². The summed E-state index contributed by atoms with van der Waals surface area (Å²) in [6.07, 6.45) is -1.59. The average molecular weight is 267 g/mol. The molecule has 1 aliphatic carbocycles. The molecule has 1 rings (SSSR count). The topological polar surface area (TPSA) is 40.5 Å². The zero-order valence-corrected chi connectivity index (χ0v) is 10.5. The van der Waals surface area contributed by atoms with Gasteiger partial charge in [-0.05, 0) is 38.5 Å². The summed E-state index contributed by atoms with van der Waals surface area (Å²) in [6, 6.07) is -0.340. The van der Waals surface area contributed by atoms with Crippen molar-refractivity contribution in [2.45, 2.75) is 51.2 Å². The summed E-state index contributed by atoms with van der Waals surface area (Å²) < 4.78 is 37.4. The maximum atomic E-state index is 12.5. The van der Waals surface area contributed by atoms with Gasteiger partial charge in [0.25, 0.3) is 0 Å². The predicted octanol–water partition coefficient (Wildman–Crippen LogP) is 2.34. The molecular formula is C12H20F3NO2. The van der Waals surface area contributed by atoms with Gasteiger partial charge in [0, 0.05) is 19.1 Å². The first-order valence-electron chi connectivity index (χ1n) is 6.32. The molecule has 1 fully saturated rings. The molecule has 1 atom stereocenters. The Hall–Kier alpha value is -0.780. The monoisotopic (exact) mass is 267 g/mol. The number of carbonyl (C=O) groups is 1. The number of nitrogens with zero attached hydrogens (tertiary/aromatic N) is 1. The molecule has 0 spiro atoms. The normalized spacial score (nSPS) is 17.6. The largest absolute Gasteiger partial charge is 0.406 e. The van der Waals surface area contributed by atoms with Gasteiger partial charge < -0.3 is 10.0 Å². The number of rotatable bonds is 7. The van der Waals surface area contributed by atoms with Crippen LogP contribution >= 0.6 is 0 Å². The highest BCUT2D eigenvalue weighted by Gasteiger charge is 2.40. The van der Waals surface area contributed by atoms with E-state index in [4.69, 9.17) is 5.11 Å². The number of amides is 1. The molecule has 106 valence electrons. The van der Waals surface area contributed by atoms with Crippen LogP contribution < -0.4 is 0 Å². The third kappa shape index (κ3) is 5.25. The van der Waals surface area contributed by atoms with Crippen LogP contribution in [0.5, 0.6) is 0 Å². The third-order valence-electron chi connectivity index (χ3n) is 3.26. The quantitative estimate of drug-likeness (QED) is 0.719. The summed E-state index contributed by atoms with van der Waals surface area (Å²) in [6.45, 7) is 0.487. The number of halogens is 3. The Morgan fingerprint density at radius 2 is 2.00 bits per heavy atom. The molecule has 18 heavy (non-hydrogen) atoms. The Bertz CT molecular complexity index is 277. The highest BCUT2D eigenvalue weighted by molar-refractivity contribution is 5.76. The van der Waals surface area contributed by atoms with Crippen LogP contribution in [0.2, 0.25) is 0 Å². The van der Waals surface area contributed by atoms with Gasteiger partial charge in [-0.25, -0.2) is 0 Å². The van der Waals surface area contributed by atoms with E-state index in [0.717, 1.165) is 17.7 Å². The number of aliphatic hydroxyl groups is 1. The molecule has 0 heterocycles. The third-order valence-corrected chi connectivity index (χ3v) is 3.26. The van der Waals surface area contributed by atoms with Crippen molar-refractivity contribution >= 4 is 5.91 Å². The minimum Gasteiger partial charge on any atom is -0.396 e. The van der Waals surface area contributed by atoms with Crippen LogP contribution in [0.1, 0.15) is 39.0 Å². The minimum atomic E-state index is -4.35. The summed E-state index contributed by atoms with van der Waals surface area (Å²) in [5.41, 5.74) is 0. The van der Waals surface area contributed by atoms with Crippen LogP contribution in [0.25, 0.3) is 0 Å². The molecule has 1 aliphatic rings. The second kappa shape index (κ2) is 6.41. The van der Waals surface area contributed by atoms with E-state index in [0.29, 0.717) is 12.8 Å². The van der Waals surface area contributed by atoms with Gasteiger partial charge >= 0.3 is 6.18 Å². The lowest BCUT2D eigenvalue weighted by Gasteiger charge is -2.30. The smallest absolute Gasteiger partial charge is 0.396 e. The van der Waals surface area contributed by atoms with Gasteiger partial charge in [0.05, 0.1) is 0 Å². The van der Waals surface area contributed by atoms with E-state index >= 15 is 0 Å². The first kappa shape index (κ1) is 15.3. The standard InChI is InChI=1S/C12H20F3NO2/c1-9(10-5-6-10)16(8-12(13,14)15)11(18)4-2-3-7-17/h9-10,17H,2-8H2,1H3. The molecule has 1 saturated carbocycles. The van der Waals surface area contributed by atoms with Crippen molar-refractivity contribution in [1.29, 1.82) is 0 Å². The van der Waals surface area contributed by atoms with Gasteiger partial charge in [-0.15, -0.1) is 0 Å². The number of carbonyl (C=O) groups excluding carboxylic acids is 1. The first-order valence-corrected chi connectivity index (χ1v) is 6.32. The van der Waals surface area contributed by atoms with Crippen LogP contribution in [0.15, 0.2) is 0 Å². The Kier molecular flexibility index (Phi) is 5.44. The summed E-state index contributed by atoms with van der Waals surface area (Å²) >= 11 is 0. The summed E-state index contributed by atoms with van der Waals surface area (Å²) in [4.78, 5) is 12.8. The van der Waals surface area contributed by atoms with Crippen molar-refractivity contribution < 1.29 is 23.1 Å². The number of hydrogen-bond donors (Lipinski definition) is 1. The molecular weight excluding hydrogens is 247 g/mol. The molecule has 6 heteroatoms. The lowest BCUT2D eigenvalue weighted by Crippen LogP contribution is -2.45. The Labute approximate surface area is 105 Å². The highest BCUT2D eigenvalue weighted by atomic mass is 19.4. The SMILES string of the molecule is CC(C1CC1)N(CC(F)(F)F)C(=O)CCCCO. The highest BCUT2D eigenvalue weighted by Crippen LogP contribution is 2.36. The average Bonchev–Trinajstić information content (AvgIpc) is 3.07. The molecule has 3 nitrogen and oxygen atoms in total. The number of alkyl halides is 3. The fraction of sp³-hybridized carbons (Fsp3) is 0.917. The molecule has 1 amide bonds. The van der Waals surface area contributed by atoms with E-state index in [1.165, 1.54) is 0 Å². The zero-order chi connectivity index (χ0) is 13.8. The Morgan fingerprint density at radius 1 is 1.39 bits per heavy atom. The van der Waals surface area contributed by atoms with E-state index in [1.54, 1.807) is 6.92 Å². The van der Waals surface area contributed by atoms with Crippen molar-refractivity contribution in [1.82, 2.24) is 4.90 Å². The van der Waals surface area contributed by atoms with Crippen LogP contribution in [0.3, 0.4) is 0 Å². The van der Waals surface area contributed by atoms with Gasteiger partial charge in [0.1, 0.15) is 6.54 Å². The van der Waals surface area contributed by atoms with Gasteiger partial charge in [0.15, 0.2) is 0 Å². The van der Waals surface area contributed by atoms with E-state index in [2.05, 4.69) is 0 Å². The van der Waals surface area contributed by atoms with E-state index < -0.39 is 18.6 Å². The van der Waals surface area contributed by atoms with Gasteiger partial charge in [-0.1, -0.05) is 0 Å². The fourth-order valence-corrected chi connectivity index (χ4v) is 2.02. The molecule has 0 aromatic carbocycles. The van der Waals surface area contributed by atoms with Crippen molar-refractivity contribution in [3.05, 3.63) is 0 Å². The number of unbranched alkanes of at least 4 members (excludes halogenated alkanes) is 1. The molecule has 0 aromatic heterocycles. The van der Waals surface area contributed by atoms with Crippen molar-refractivity contribution in [2.24, 2.45) is 5.92 Å². The number of hydrogen-bond acceptors (Lipinski definition) is 2. The summed E-state index contributed by atoms with van der Waals surface area (Å²) in [7, 11) is 0. The Balaban J connectivity index is 2.55. The second-order valence-corrected chi connectivity index (χ2v) is 4.90. The van der Waals surface area contributed by atoms with Crippen LogP contribution in [-0.2, 0) is 4.79 Å². The molecule has 1 N–H and O–H groups in total. The zero-order valence-electron chi connectivity index (χ0n) is 10.5. The second-order valence-electron chi connectivity index (χ2n) is 4.90. The molecule has 0 radical (unpaired) electrons. The predicted molar refractivity (Wildman–Crippen MR) is 60.9 cm³/mol. The van der Waals surface area contributed by atoms with E-state index in [1.807, 2.05) is 0 Å². The van der Waals surface area contributed by atoms with Gasteiger partial charge in [0.2, 0.25) is 5.91 Å². The number of aliphatic hydroxyl groups excluding tert-OH is 1. The lowest BCUT2D eigenvalue weighted by atomic mass is 10.1. The fourth-order valence-electron chi connectivity index (χ4n) is 2.02. The molecule has 1 unspecified atom stereocenters. The summed E-state index contributed by atoms with van der Waals surface area (Å²) in [5, 5.41) is 8.61. The molecule has 0 aromatic rings.